The highest BCUT2D eigenvalue weighted by atomic mass is 79.9. The van der Waals surface area contributed by atoms with Crippen molar-refractivity contribution < 1.29 is 12.8 Å². The molecule has 0 aliphatic carbocycles. The van der Waals surface area contributed by atoms with Gasteiger partial charge in [-0.3, -0.25) is 4.72 Å². The van der Waals surface area contributed by atoms with Crippen LogP contribution in [-0.4, -0.2) is 39.9 Å². The minimum atomic E-state index is -3.67. The van der Waals surface area contributed by atoms with Crippen LogP contribution in [0.25, 0.3) is 0 Å². The van der Waals surface area contributed by atoms with Crippen molar-refractivity contribution in [3.05, 3.63) is 28.5 Å². The van der Waals surface area contributed by atoms with Crippen LogP contribution in [0.15, 0.2) is 22.7 Å². The Morgan fingerprint density at radius 3 is 2.74 bits per heavy atom. The van der Waals surface area contributed by atoms with Crippen molar-refractivity contribution >= 4 is 31.8 Å². The van der Waals surface area contributed by atoms with E-state index in [-0.39, 0.29) is 5.69 Å². The van der Waals surface area contributed by atoms with Crippen LogP contribution in [0.2, 0.25) is 0 Å². The smallest absolute Gasteiger partial charge is 0.301 e. The molecular formula is C11H17BrFN3O2S. The van der Waals surface area contributed by atoms with Crippen molar-refractivity contribution in [2.75, 3.05) is 31.9 Å². The molecule has 0 heterocycles. The van der Waals surface area contributed by atoms with E-state index in [9.17, 15) is 12.8 Å². The van der Waals surface area contributed by atoms with Gasteiger partial charge in [0.05, 0.1) is 5.69 Å². The Labute approximate surface area is 121 Å². The van der Waals surface area contributed by atoms with Crippen LogP contribution in [0.3, 0.4) is 0 Å². The summed E-state index contributed by atoms with van der Waals surface area (Å²) in [7, 11) is -0.395. The summed E-state index contributed by atoms with van der Waals surface area (Å²) in [4.78, 5) is 0. The Hall–Kier alpha value is -0.700. The monoisotopic (exact) mass is 353 g/mol. The van der Waals surface area contributed by atoms with Gasteiger partial charge in [0.15, 0.2) is 0 Å². The van der Waals surface area contributed by atoms with Gasteiger partial charge in [-0.15, -0.1) is 0 Å². The van der Waals surface area contributed by atoms with E-state index in [1.807, 2.05) is 0 Å². The lowest BCUT2D eigenvalue weighted by molar-refractivity contribution is 0.462. The Morgan fingerprint density at radius 2 is 2.11 bits per heavy atom. The van der Waals surface area contributed by atoms with Crippen molar-refractivity contribution in [3.8, 4) is 0 Å². The molecule has 0 aliphatic rings. The fourth-order valence-electron chi connectivity index (χ4n) is 1.39. The zero-order valence-electron chi connectivity index (χ0n) is 10.8. The van der Waals surface area contributed by atoms with E-state index < -0.39 is 16.0 Å². The maximum atomic E-state index is 13.1. The summed E-state index contributed by atoms with van der Waals surface area (Å²) in [5, 5.41) is 2.94. The summed E-state index contributed by atoms with van der Waals surface area (Å²) < 4.78 is 41.1. The molecule has 5 nitrogen and oxygen atoms in total. The minimum Gasteiger partial charge on any atom is -0.320 e. The van der Waals surface area contributed by atoms with Crippen molar-refractivity contribution in [3.63, 3.8) is 0 Å². The van der Waals surface area contributed by atoms with E-state index in [0.29, 0.717) is 17.4 Å². The third kappa shape index (κ3) is 5.06. The molecule has 1 rings (SSSR count). The highest BCUT2D eigenvalue weighted by Gasteiger charge is 2.18. The molecule has 0 amide bonds. The van der Waals surface area contributed by atoms with Gasteiger partial charge < -0.3 is 5.32 Å². The molecule has 108 valence electrons. The molecule has 0 saturated carbocycles. The average Bonchev–Trinajstić information content (AvgIpc) is 2.33. The van der Waals surface area contributed by atoms with Crippen LogP contribution in [-0.2, 0) is 10.2 Å². The Bertz CT molecular complexity index is 525. The molecule has 1 aromatic carbocycles. The first-order valence-electron chi connectivity index (χ1n) is 5.70. The first kappa shape index (κ1) is 16.4. The number of hydrogen-bond donors (Lipinski definition) is 2. The first-order valence-corrected chi connectivity index (χ1v) is 7.94. The molecule has 8 heteroatoms. The number of nitrogens with one attached hydrogen (secondary N) is 2. The van der Waals surface area contributed by atoms with E-state index >= 15 is 0 Å². The largest absolute Gasteiger partial charge is 0.320 e. The van der Waals surface area contributed by atoms with Crippen molar-refractivity contribution in [1.29, 1.82) is 0 Å². The molecule has 0 radical (unpaired) electrons. The molecular weight excluding hydrogens is 337 g/mol. The molecule has 0 saturated heterocycles. The van der Waals surface area contributed by atoms with Gasteiger partial charge in [0.2, 0.25) is 0 Å². The van der Waals surface area contributed by atoms with Gasteiger partial charge in [0.1, 0.15) is 5.82 Å². The highest BCUT2D eigenvalue weighted by Crippen LogP contribution is 2.24. The molecule has 0 bridgehead atoms. The Kier molecular flexibility index (Phi) is 6.18. The summed E-state index contributed by atoms with van der Waals surface area (Å²) in [5.41, 5.74) is 0.181. The number of rotatable bonds is 7. The fourth-order valence-corrected chi connectivity index (χ4v) is 2.84. The topological polar surface area (TPSA) is 61.4 Å². The molecule has 0 unspecified atom stereocenters. The Balaban J connectivity index is 2.75. The fraction of sp³-hybridized carbons (Fsp3) is 0.455. The SMILES string of the molecule is CNCCCN(C)S(=O)(=O)Nc1cc(F)ccc1Br. The molecule has 0 spiro atoms. The van der Waals surface area contributed by atoms with Gasteiger partial charge in [-0.25, -0.2) is 4.39 Å². The summed E-state index contributed by atoms with van der Waals surface area (Å²) >= 11 is 3.17. The predicted molar refractivity (Wildman–Crippen MR) is 77.8 cm³/mol. The number of hydrogen-bond acceptors (Lipinski definition) is 3. The zero-order chi connectivity index (χ0) is 14.5. The van der Waals surface area contributed by atoms with Gasteiger partial charge in [0, 0.05) is 18.1 Å². The first-order chi connectivity index (χ1) is 8.86. The van der Waals surface area contributed by atoms with Gasteiger partial charge in [0.25, 0.3) is 0 Å². The standard InChI is InChI=1S/C11H17BrFN3O2S/c1-14-6-3-7-16(2)19(17,18)15-11-8-9(13)4-5-10(11)12/h4-5,8,14-15H,3,6-7H2,1-2H3. The van der Waals surface area contributed by atoms with Gasteiger partial charge in [-0.05, 0) is 54.1 Å². The lowest BCUT2D eigenvalue weighted by Crippen LogP contribution is -2.34. The van der Waals surface area contributed by atoms with Crippen molar-refractivity contribution in [2.24, 2.45) is 0 Å². The average molecular weight is 354 g/mol. The number of anilines is 1. The zero-order valence-corrected chi connectivity index (χ0v) is 13.2. The van der Waals surface area contributed by atoms with E-state index in [1.165, 1.54) is 23.5 Å². The number of nitrogens with zero attached hydrogens (tertiary/aromatic N) is 1. The van der Waals surface area contributed by atoms with E-state index in [2.05, 4.69) is 26.0 Å². The van der Waals surface area contributed by atoms with Gasteiger partial charge >= 0.3 is 10.2 Å². The van der Waals surface area contributed by atoms with Crippen molar-refractivity contribution in [2.45, 2.75) is 6.42 Å². The lowest BCUT2D eigenvalue weighted by atomic mass is 10.3. The number of halogens is 2. The highest BCUT2D eigenvalue weighted by molar-refractivity contribution is 9.10. The van der Waals surface area contributed by atoms with Crippen LogP contribution < -0.4 is 10.0 Å². The van der Waals surface area contributed by atoms with Gasteiger partial charge in [-0.2, -0.15) is 12.7 Å². The maximum Gasteiger partial charge on any atom is 0.301 e. The molecule has 1 aromatic rings. The van der Waals surface area contributed by atoms with E-state index in [0.717, 1.165) is 12.6 Å². The molecule has 0 fully saturated rings. The maximum absolute atomic E-state index is 13.1. The normalized spacial score (nSPS) is 11.8. The molecule has 0 aromatic heterocycles. The van der Waals surface area contributed by atoms with Crippen molar-refractivity contribution in [1.82, 2.24) is 9.62 Å². The molecule has 19 heavy (non-hydrogen) atoms. The third-order valence-corrected chi connectivity index (χ3v) is 4.65. The number of benzene rings is 1. The summed E-state index contributed by atoms with van der Waals surface area (Å²) in [5.74, 6) is -0.501. The molecule has 0 atom stereocenters. The quantitative estimate of drug-likeness (QED) is 0.734. The second kappa shape index (κ2) is 7.18. The molecule has 0 aliphatic heterocycles. The van der Waals surface area contributed by atoms with Crippen LogP contribution in [0.5, 0.6) is 0 Å². The summed E-state index contributed by atoms with van der Waals surface area (Å²) in [6.45, 7) is 1.10. The van der Waals surface area contributed by atoms with Crippen LogP contribution in [0.4, 0.5) is 10.1 Å². The Morgan fingerprint density at radius 1 is 1.42 bits per heavy atom. The second-order valence-corrected chi connectivity index (χ2v) is 6.64. The lowest BCUT2D eigenvalue weighted by Gasteiger charge is -2.18. The van der Waals surface area contributed by atoms with E-state index in [1.54, 1.807) is 7.05 Å². The minimum absolute atomic E-state index is 0.181. The second-order valence-electron chi connectivity index (χ2n) is 4.01. The molecule has 2 N–H and O–H groups in total. The van der Waals surface area contributed by atoms with Crippen LogP contribution >= 0.6 is 15.9 Å². The van der Waals surface area contributed by atoms with Gasteiger partial charge in [-0.1, -0.05) is 0 Å². The summed E-state index contributed by atoms with van der Waals surface area (Å²) in [6, 6.07) is 3.83. The predicted octanol–water partition coefficient (Wildman–Crippen LogP) is 1.79. The van der Waals surface area contributed by atoms with Crippen LogP contribution in [0, 0.1) is 5.82 Å². The van der Waals surface area contributed by atoms with E-state index in [4.69, 9.17) is 0 Å². The third-order valence-electron chi connectivity index (χ3n) is 2.48. The summed E-state index contributed by atoms with van der Waals surface area (Å²) in [6.07, 6.45) is 0.693. The van der Waals surface area contributed by atoms with Crippen LogP contribution in [0.1, 0.15) is 6.42 Å².